The fraction of sp³-hybridized carbons (Fsp3) is 0.440. The number of morpholine rings is 1. The van der Waals surface area contributed by atoms with Crippen LogP contribution in [0.4, 0.5) is 0 Å². The number of aliphatic hydroxyl groups excluding tert-OH is 1. The number of unbranched alkanes of at least 4 members (excludes halogenated alkanes) is 1. The monoisotopic (exact) mass is 470 g/mol. The number of amides is 1. The van der Waals surface area contributed by atoms with Crippen LogP contribution in [0, 0.1) is 0 Å². The van der Waals surface area contributed by atoms with Crippen LogP contribution in [0.3, 0.4) is 0 Å². The summed E-state index contributed by atoms with van der Waals surface area (Å²) >= 11 is 1.30. The second kappa shape index (κ2) is 11.0. The summed E-state index contributed by atoms with van der Waals surface area (Å²) in [6.45, 7) is 6.76. The molecule has 1 atom stereocenters. The van der Waals surface area contributed by atoms with Crippen LogP contribution >= 0.6 is 11.3 Å². The van der Waals surface area contributed by atoms with Crippen LogP contribution in [0.25, 0.3) is 0 Å². The average molecular weight is 471 g/mol. The minimum Gasteiger partial charge on any atom is -0.503 e. The summed E-state index contributed by atoms with van der Waals surface area (Å²) in [5, 5.41) is 12.6. The molecule has 0 radical (unpaired) electrons. The van der Waals surface area contributed by atoms with E-state index in [0.29, 0.717) is 37.8 Å². The van der Waals surface area contributed by atoms with Crippen molar-refractivity contribution in [2.24, 2.45) is 0 Å². The first kappa shape index (κ1) is 23.5. The zero-order valence-electron chi connectivity index (χ0n) is 18.9. The van der Waals surface area contributed by atoms with Crippen molar-refractivity contribution >= 4 is 23.0 Å². The molecule has 1 amide bonds. The van der Waals surface area contributed by atoms with Gasteiger partial charge in [0, 0.05) is 26.2 Å². The molecule has 1 N–H and O–H groups in total. The van der Waals surface area contributed by atoms with E-state index in [4.69, 9.17) is 9.47 Å². The molecule has 2 aromatic rings. The maximum atomic E-state index is 13.3. The SMILES string of the molecule is CCCCOc1ccc([C@H]2C(C(=O)c3cccs3)=C(O)C(=O)N2CCN2CCOCC2)cc1. The third-order valence-electron chi connectivity index (χ3n) is 6.02. The normalized spacial score (nSPS) is 19.4. The maximum absolute atomic E-state index is 13.3. The third-order valence-corrected chi connectivity index (χ3v) is 6.89. The Bertz CT molecular complexity index is 981. The van der Waals surface area contributed by atoms with E-state index in [9.17, 15) is 14.7 Å². The van der Waals surface area contributed by atoms with Crippen molar-refractivity contribution in [1.29, 1.82) is 0 Å². The van der Waals surface area contributed by atoms with Crippen LogP contribution < -0.4 is 4.74 Å². The van der Waals surface area contributed by atoms with E-state index in [1.807, 2.05) is 29.6 Å². The number of Topliss-reactive ketones (excluding diaryl/α,β-unsaturated/α-hetero) is 1. The average Bonchev–Trinajstić information content (AvgIpc) is 3.46. The molecule has 3 heterocycles. The molecule has 1 fully saturated rings. The van der Waals surface area contributed by atoms with Crippen LogP contribution in [0.2, 0.25) is 0 Å². The van der Waals surface area contributed by atoms with Gasteiger partial charge in [-0.15, -0.1) is 11.3 Å². The van der Waals surface area contributed by atoms with Gasteiger partial charge in [-0.3, -0.25) is 14.5 Å². The first-order valence-corrected chi connectivity index (χ1v) is 12.3. The van der Waals surface area contributed by atoms with Crippen LogP contribution in [0.5, 0.6) is 5.75 Å². The molecular formula is C25H30N2O5S. The minimum atomic E-state index is -0.641. The van der Waals surface area contributed by atoms with Gasteiger partial charge in [-0.2, -0.15) is 0 Å². The lowest BCUT2D eigenvalue weighted by Gasteiger charge is -2.31. The molecule has 176 valence electrons. The predicted molar refractivity (Wildman–Crippen MR) is 127 cm³/mol. The number of benzene rings is 1. The Hall–Kier alpha value is -2.68. The van der Waals surface area contributed by atoms with Gasteiger partial charge in [0.15, 0.2) is 5.76 Å². The van der Waals surface area contributed by atoms with Crippen molar-refractivity contribution in [3.05, 3.63) is 63.6 Å². The van der Waals surface area contributed by atoms with Crippen molar-refractivity contribution < 1.29 is 24.2 Å². The summed E-state index contributed by atoms with van der Waals surface area (Å²) in [6.07, 6.45) is 2.03. The van der Waals surface area contributed by atoms with Crippen LogP contribution in [-0.4, -0.2) is 72.6 Å². The van der Waals surface area contributed by atoms with Gasteiger partial charge in [-0.25, -0.2) is 0 Å². The number of nitrogens with zero attached hydrogens (tertiary/aromatic N) is 2. The molecule has 0 spiro atoms. The molecule has 0 unspecified atom stereocenters. The quantitative estimate of drug-likeness (QED) is 0.420. The number of aliphatic hydroxyl groups is 1. The van der Waals surface area contributed by atoms with Gasteiger partial charge < -0.3 is 19.5 Å². The second-order valence-corrected chi connectivity index (χ2v) is 9.14. The number of thiophene rings is 1. The molecule has 1 aromatic heterocycles. The number of hydrogen-bond donors (Lipinski definition) is 1. The molecule has 0 bridgehead atoms. The standard InChI is InChI=1S/C25H30N2O5S/c1-2-3-14-32-19-8-6-18(7-9-19)22-21(23(28)20-5-4-17-33-20)24(29)25(30)27(22)11-10-26-12-15-31-16-13-26/h4-9,17,22,29H,2-3,10-16H2,1H3/t22-/m0/s1. The van der Waals surface area contributed by atoms with Gasteiger partial charge in [0.05, 0.1) is 36.3 Å². The molecule has 33 heavy (non-hydrogen) atoms. The first-order chi connectivity index (χ1) is 16.1. The summed E-state index contributed by atoms with van der Waals surface area (Å²) in [5.41, 5.74) is 0.918. The second-order valence-electron chi connectivity index (χ2n) is 8.19. The Morgan fingerprint density at radius 3 is 2.61 bits per heavy atom. The highest BCUT2D eigenvalue weighted by atomic mass is 32.1. The highest BCUT2D eigenvalue weighted by Gasteiger charge is 2.43. The predicted octanol–water partition coefficient (Wildman–Crippen LogP) is 3.84. The number of hydrogen-bond acceptors (Lipinski definition) is 7. The van der Waals surface area contributed by atoms with E-state index in [0.717, 1.165) is 37.2 Å². The number of ether oxygens (including phenoxy) is 2. The van der Waals surface area contributed by atoms with Gasteiger partial charge in [0.25, 0.3) is 5.91 Å². The number of rotatable bonds is 10. The van der Waals surface area contributed by atoms with Crippen molar-refractivity contribution in [3.63, 3.8) is 0 Å². The van der Waals surface area contributed by atoms with Crippen molar-refractivity contribution in [2.45, 2.75) is 25.8 Å². The zero-order valence-corrected chi connectivity index (χ0v) is 19.7. The lowest BCUT2D eigenvalue weighted by molar-refractivity contribution is -0.129. The fourth-order valence-corrected chi connectivity index (χ4v) is 4.84. The molecule has 2 aliphatic rings. The molecule has 7 nitrogen and oxygen atoms in total. The highest BCUT2D eigenvalue weighted by molar-refractivity contribution is 7.12. The Labute approximate surface area is 198 Å². The van der Waals surface area contributed by atoms with Gasteiger partial charge in [0.1, 0.15) is 5.75 Å². The minimum absolute atomic E-state index is 0.143. The van der Waals surface area contributed by atoms with Gasteiger partial charge in [-0.05, 0) is 35.6 Å². The molecule has 4 rings (SSSR count). The summed E-state index contributed by atoms with van der Waals surface area (Å²) in [4.78, 5) is 30.7. The Balaban J connectivity index is 1.60. The maximum Gasteiger partial charge on any atom is 0.290 e. The highest BCUT2D eigenvalue weighted by Crippen LogP contribution is 2.39. The summed E-state index contributed by atoms with van der Waals surface area (Å²) in [5.74, 6) is -0.520. The zero-order chi connectivity index (χ0) is 23.2. The summed E-state index contributed by atoms with van der Waals surface area (Å²) in [6, 6.07) is 10.3. The largest absolute Gasteiger partial charge is 0.503 e. The van der Waals surface area contributed by atoms with Gasteiger partial charge in [-0.1, -0.05) is 31.5 Å². The van der Waals surface area contributed by atoms with Crippen molar-refractivity contribution in [2.75, 3.05) is 46.0 Å². The van der Waals surface area contributed by atoms with Gasteiger partial charge >= 0.3 is 0 Å². The van der Waals surface area contributed by atoms with E-state index in [1.165, 1.54) is 11.3 Å². The number of carbonyl (C=O) groups excluding carboxylic acids is 2. The molecule has 0 saturated carbocycles. The van der Waals surface area contributed by atoms with Crippen LogP contribution in [-0.2, 0) is 9.53 Å². The molecule has 2 aliphatic heterocycles. The third kappa shape index (κ3) is 5.29. The van der Waals surface area contributed by atoms with Crippen molar-refractivity contribution in [3.8, 4) is 5.75 Å². The molecule has 8 heteroatoms. The van der Waals surface area contributed by atoms with E-state index in [-0.39, 0.29) is 11.4 Å². The fourth-order valence-electron chi connectivity index (χ4n) is 4.16. The lowest BCUT2D eigenvalue weighted by atomic mass is 9.95. The van der Waals surface area contributed by atoms with E-state index in [2.05, 4.69) is 11.8 Å². The number of carbonyl (C=O) groups is 2. The Kier molecular flexibility index (Phi) is 7.80. The van der Waals surface area contributed by atoms with Crippen molar-refractivity contribution in [1.82, 2.24) is 9.80 Å². The first-order valence-electron chi connectivity index (χ1n) is 11.4. The summed E-state index contributed by atoms with van der Waals surface area (Å²) in [7, 11) is 0. The van der Waals surface area contributed by atoms with Gasteiger partial charge in [0.2, 0.25) is 5.78 Å². The number of ketones is 1. The van der Waals surface area contributed by atoms with E-state index in [1.54, 1.807) is 17.0 Å². The molecule has 1 aromatic carbocycles. The molecule has 0 aliphatic carbocycles. The van der Waals surface area contributed by atoms with Crippen LogP contribution in [0.15, 0.2) is 53.1 Å². The molecular weight excluding hydrogens is 440 g/mol. The summed E-state index contributed by atoms with van der Waals surface area (Å²) < 4.78 is 11.2. The van der Waals surface area contributed by atoms with Crippen LogP contribution in [0.1, 0.15) is 41.0 Å². The molecule has 1 saturated heterocycles. The Morgan fingerprint density at radius 2 is 1.94 bits per heavy atom. The van der Waals surface area contributed by atoms with E-state index < -0.39 is 17.7 Å². The van der Waals surface area contributed by atoms with E-state index >= 15 is 0 Å². The topological polar surface area (TPSA) is 79.3 Å². The smallest absolute Gasteiger partial charge is 0.290 e. The lowest BCUT2D eigenvalue weighted by Crippen LogP contribution is -2.43. The Morgan fingerprint density at radius 1 is 1.18 bits per heavy atom.